The predicted molar refractivity (Wildman–Crippen MR) is 77.8 cm³/mol. The Labute approximate surface area is 118 Å². The van der Waals surface area contributed by atoms with Gasteiger partial charge >= 0.3 is 5.97 Å². The fraction of sp³-hybridized carbons (Fsp3) is 0.312. The van der Waals surface area contributed by atoms with Crippen LogP contribution in [0.25, 0.3) is 0 Å². The first kappa shape index (κ1) is 14.2. The summed E-state index contributed by atoms with van der Waals surface area (Å²) in [6.07, 6.45) is 0.897. The third-order valence-corrected chi connectivity index (χ3v) is 2.93. The van der Waals surface area contributed by atoms with Gasteiger partial charge in [-0.2, -0.15) is 0 Å². The molecule has 1 aromatic heterocycles. The molecule has 106 valence electrons. The van der Waals surface area contributed by atoms with Gasteiger partial charge in [-0.15, -0.1) is 0 Å². The molecule has 0 bridgehead atoms. The van der Waals surface area contributed by atoms with Crippen molar-refractivity contribution in [2.45, 2.75) is 26.8 Å². The van der Waals surface area contributed by atoms with Crippen LogP contribution in [0.2, 0.25) is 0 Å². The second-order valence-corrected chi connectivity index (χ2v) is 4.37. The zero-order valence-corrected chi connectivity index (χ0v) is 11.8. The van der Waals surface area contributed by atoms with E-state index in [0.29, 0.717) is 18.7 Å². The number of rotatable bonds is 6. The van der Waals surface area contributed by atoms with E-state index in [1.807, 2.05) is 24.3 Å². The number of esters is 1. The Morgan fingerprint density at radius 3 is 2.40 bits per heavy atom. The molecule has 1 aromatic carbocycles. The molecule has 0 amide bonds. The third kappa shape index (κ3) is 3.63. The van der Waals surface area contributed by atoms with Gasteiger partial charge in [0.25, 0.3) is 0 Å². The quantitative estimate of drug-likeness (QED) is 0.816. The Bertz CT molecular complexity index is 557. The van der Waals surface area contributed by atoms with Crippen LogP contribution in [-0.4, -0.2) is 12.6 Å². The largest absolute Gasteiger partial charge is 0.464 e. The van der Waals surface area contributed by atoms with Gasteiger partial charge < -0.3 is 14.5 Å². The number of carbonyl (C=O) groups excluding carboxylic acids is 1. The number of nitrogens with one attached hydrogen (secondary N) is 1. The summed E-state index contributed by atoms with van der Waals surface area (Å²) in [4.78, 5) is 11.5. The standard InChI is InChI=1S/C16H19NO3/c1-3-14-9-10-15(20-14)11-17-13-7-5-12(6-8-13)16(18)19-4-2/h5-10,17H,3-4,11H2,1-2H3. The van der Waals surface area contributed by atoms with Crippen molar-refractivity contribution < 1.29 is 13.9 Å². The highest BCUT2D eigenvalue weighted by molar-refractivity contribution is 5.89. The van der Waals surface area contributed by atoms with Crippen LogP contribution in [-0.2, 0) is 17.7 Å². The lowest BCUT2D eigenvalue weighted by Crippen LogP contribution is -2.05. The Balaban J connectivity index is 1.92. The van der Waals surface area contributed by atoms with Crippen molar-refractivity contribution in [3.05, 3.63) is 53.5 Å². The summed E-state index contributed by atoms with van der Waals surface area (Å²) in [5.41, 5.74) is 1.50. The van der Waals surface area contributed by atoms with E-state index < -0.39 is 0 Å². The topological polar surface area (TPSA) is 51.5 Å². The Morgan fingerprint density at radius 1 is 1.10 bits per heavy atom. The van der Waals surface area contributed by atoms with Gasteiger partial charge in [-0.3, -0.25) is 0 Å². The van der Waals surface area contributed by atoms with E-state index in [0.717, 1.165) is 23.6 Å². The summed E-state index contributed by atoms with van der Waals surface area (Å²) in [6.45, 7) is 4.86. The summed E-state index contributed by atoms with van der Waals surface area (Å²) in [6, 6.07) is 11.2. The van der Waals surface area contributed by atoms with Gasteiger partial charge in [-0.1, -0.05) is 6.92 Å². The maximum absolute atomic E-state index is 11.5. The molecular weight excluding hydrogens is 254 g/mol. The number of hydrogen-bond donors (Lipinski definition) is 1. The molecular formula is C16H19NO3. The fourth-order valence-electron chi connectivity index (χ4n) is 1.84. The fourth-order valence-corrected chi connectivity index (χ4v) is 1.84. The zero-order valence-electron chi connectivity index (χ0n) is 11.8. The van der Waals surface area contributed by atoms with E-state index in [9.17, 15) is 4.79 Å². The van der Waals surface area contributed by atoms with Crippen molar-refractivity contribution in [3.8, 4) is 0 Å². The van der Waals surface area contributed by atoms with Crippen molar-refractivity contribution in [3.63, 3.8) is 0 Å². The molecule has 0 aliphatic rings. The van der Waals surface area contributed by atoms with E-state index in [1.165, 1.54) is 0 Å². The summed E-state index contributed by atoms with van der Waals surface area (Å²) in [5.74, 6) is 1.59. The van der Waals surface area contributed by atoms with Gasteiger partial charge in [0.1, 0.15) is 11.5 Å². The minimum absolute atomic E-state index is 0.294. The first-order valence-electron chi connectivity index (χ1n) is 6.81. The van der Waals surface area contributed by atoms with Gasteiger partial charge in [0.2, 0.25) is 0 Å². The van der Waals surface area contributed by atoms with Crippen molar-refractivity contribution in [1.82, 2.24) is 0 Å². The van der Waals surface area contributed by atoms with Crippen LogP contribution in [0.15, 0.2) is 40.8 Å². The summed E-state index contributed by atoms with van der Waals surface area (Å²) in [5, 5.41) is 3.25. The molecule has 0 unspecified atom stereocenters. The second kappa shape index (κ2) is 6.80. The van der Waals surface area contributed by atoms with Gasteiger partial charge in [0.05, 0.1) is 18.7 Å². The first-order valence-corrected chi connectivity index (χ1v) is 6.81. The summed E-state index contributed by atoms with van der Waals surface area (Å²) < 4.78 is 10.5. The lowest BCUT2D eigenvalue weighted by atomic mass is 10.2. The van der Waals surface area contributed by atoms with E-state index in [2.05, 4.69) is 12.2 Å². The predicted octanol–water partition coefficient (Wildman–Crippen LogP) is 3.63. The summed E-state index contributed by atoms with van der Waals surface area (Å²) >= 11 is 0. The zero-order chi connectivity index (χ0) is 14.4. The molecule has 1 heterocycles. The molecule has 0 saturated carbocycles. The van der Waals surface area contributed by atoms with Crippen molar-refractivity contribution >= 4 is 11.7 Å². The third-order valence-electron chi connectivity index (χ3n) is 2.93. The van der Waals surface area contributed by atoms with Crippen LogP contribution in [0.5, 0.6) is 0 Å². The summed E-state index contributed by atoms with van der Waals surface area (Å²) in [7, 11) is 0. The van der Waals surface area contributed by atoms with E-state index in [-0.39, 0.29) is 5.97 Å². The molecule has 2 rings (SSSR count). The molecule has 20 heavy (non-hydrogen) atoms. The average Bonchev–Trinajstić information content (AvgIpc) is 2.94. The average molecular weight is 273 g/mol. The highest BCUT2D eigenvalue weighted by Gasteiger charge is 2.05. The molecule has 4 heteroatoms. The smallest absolute Gasteiger partial charge is 0.338 e. The van der Waals surface area contributed by atoms with Crippen LogP contribution < -0.4 is 5.32 Å². The normalized spacial score (nSPS) is 10.3. The van der Waals surface area contributed by atoms with E-state index in [4.69, 9.17) is 9.15 Å². The SMILES string of the molecule is CCOC(=O)c1ccc(NCc2ccc(CC)o2)cc1. The molecule has 0 aliphatic heterocycles. The minimum atomic E-state index is -0.294. The molecule has 0 saturated heterocycles. The molecule has 0 spiro atoms. The first-order chi connectivity index (χ1) is 9.72. The lowest BCUT2D eigenvalue weighted by molar-refractivity contribution is 0.0526. The van der Waals surface area contributed by atoms with Crippen LogP contribution in [0.3, 0.4) is 0 Å². The number of furan rings is 1. The molecule has 0 atom stereocenters. The highest BCUT2D eigenvalue weighted by atomic mass is 16.5. The molecule has 4 nitrogen and oxygen atoms in total. The van der Waals surface area contributed by atoms with Crippen LogP contribution in [0.1, 0.15) is 35.7 Å². The van der Waals surface area contributed by atoms with Crippen LogP contribution in [0.4, 0.5) is 5.69 Å². The Kier molecular flexibility index (Phi) is 4.82. The number of aryl methyl sites for hydroxylation is 1. The number of hydrogen-bond acceptors (Lipinski definition) is 4. The van der Waals surface area contributed by atoms with Crippen LogP contribution in [0, 0.1) is 0 Å². The van der Waals surface area contributed by atoms with Gasteiger partial charge in [-0.05, 0) is 43.3 Å². The second-order valence-electron chi connectivity index (χ2n) is 4.37. The maximum atomic E-state index is 11.5. The molecule has 0 fully saturated rings. The number of carbonyl (C=O) groups is 1. The van der Waals surface area contributed by atoms with Crippen LogP contribution >= 0.6 is 0 Å². The minimum Gasteiger partial charge on any atom is -0.464 e. The Hall–Kier alpha value is -2.23. The van der Waals surface area contributed by atoms with Crippen molar-refractivity contribution in [2.24, 2.45) is 0 Å². The Morgan fingerprint density at radius 2 is 1.80 bits per heavy atom. The van der Waals surface area contributed by atoms with Gasteiger partial charge in [0.15, 0.2) is 0 Å². The highest BCUT2D eigenvalue weighted by Crippen LogP contribution is 2.14. The van der Waals surface area contributed by atoms with E-state index >= 15 is 0 Å². The van der Waals surface area contributed by atoms with Crippen molar-refractivity contribution in [2.75, 3.05) is 11.9 Å². The van der Waals surface area contributed by atoms with Gasteiger partial charge in [0, 0.05) is 12.1 Å². The monoisotopic (exact) mass is 273 g/mol. The molecule has 2 aromatic rings. The van der Waals surface area contributed by atoms with Gasteiger partial charge in [-0.25, -0.2) is 4.79 Å². The lowest BCUT2D eigenvalue weighted by Gasteiger charge is -2.06. The molecule has 1 N–H and O–H groups in total. The number of ether oxygens (including phenoxy) is 1. The van der Waals surface area contributed by atoms with E-state index in [1.54, 1.807) is 19.1 Å². The van der Waals surface area contributed by atoms with Crippen molar-refractivity contribution in [1.29, 1.82) is 0 Å². The number of anilines is 1. The molecule has 0 aliphatic carbocycles. The number of benzene rings is 1. The molecule has 0 radical (unpaired) electrons. The maximum Gasteiger partial charge on any atom is 0.338 e.